The first-order chi connectivity index (χ1) is 23.6. The largest absolute Gasteiger partial charge is 0.409 e. The predicted octanol–water partition coefficient (Wildman–Crippen LogP) is 8.94. The molecule has 0 N–H and O–H groups in total. The Bertz CT molecular complexity index is 1390. The normalized spacial score (nSPS) is 14.2. The van der Waals surface area contributed by atoms with Crippen LogP contribution in [0.4, 0.5) is 0 Å². The van der Waals surface area contributed by atoms with E-state index in [1.165, 1.54) is 0 Å². The van der Waals surface area contributed by atoms with Gasteiger partial charge in [0.15, 0.2) is 8.32 Å². The van der Waals surface area contributed by atoms with Gasteiger partial charge in [0.25, 0.3) is 0 Å². The zero-order chi connectivity index (χ0) is 33.9. The Hall–Kier alpha value is -3.43. The smallest absolute Gasteiger partial charge is 0.192 e. The van der Waals surface area contributed by atoms with Crippen molar-refractivity contribution in [2.24, 2.45) is 0 Å². The van der Waals surface area contributed by atoms with Gasteiger partial charge in [0, 0.05) is 6.42 Å². The highest BCUT2D eigenvalue weighted by Crippen LogP contribution is 2.30. The van der Waals surface area contributed by atoms with Crippen molar-refractivity contribution in [3.8, 4) is 0 Å². The van der Waals surface area contributed by atoms with Crippen molar-refractivity contribution in [3.05, 3.63) is 144 Å². The minimum atomic E-state index is -2.16. The fourth-order valence-corrected chi connectivity index (χ4v) is 8.76. The van der Waals surface area contributed by atoms with Gasteiger partial charge < -0.3 is 28.2 Å². The maximum Gasteiger partial charge on any atom is 0.192 e. The number of rotatable bonds is 23. The Labute approximate surface area is 288 Å². The number of carbonyl (C=O) groups is 1. The van der Waals surface area contributed by atoms with Gasteiger partial charge in [-0.05, 0) is 40.4 Å². The number of benzene rings is 4. The Morgan fingerprint density at radius 3 is 1.29 bits per heavy atom. The van der Waals surface area contributed by atoms with Crippen LogP contribution in [0.1, 0.15) is 49.4 Å². The molecule has 4 atom stereocenters. The highest BCUT2D eigenvalue weighted by Gasteiger charge is 2.42. The third kappa shape index (κ3) is 11.9. The topological polar surface area (TPSA) is 63.2 Å². The van der Waals surface area contributed by atoms with Crippen LogP contribution in [-0.2, 0) is 54.6 Å². The van der Waals surface area contributed by atoms with Crippen molar-refractivity contribution in [1.82, 2.24) is 0 Å². The van der Waals surface area contributed by atoms with Crippen molar-refractivity contribution in [3.63, 3.8) is 0 Å². The second-order valence-corrected chi connectivity index (χ2v) is 16.9. The first kappa shape index (κ1) is 37.4. The van der Waals surface area contributed by atoms with E-state index in [0.29, 0.717) is 33.0 Å². The van der Waals surface area contributed by atoms with E-state index in [1.54, 1.807) is 0 Å². The van der Waals surface area contributed by atoms with Gasteiger partial charge in [0.2, 0.25) is 0 Å². The fraction of sp³-hybridized carbons (Fsp3) is 0.390. The van der Waals surface area contributed by atoms with E-state index in [4.69, 9.17) is 23.4 Å². The summed E-state index contributed by atoms with van der Waals surface area (Å²) in [5.74, 6) is 0. The Balaban J connectivity index is 1.73. The molecule has 6 nitrogen and oxygen atoms in total. The van der Waals surface area contributed by atoms with Gasteiger partial charge in [-0.3, -0.25) is 0 Å². The summed E-state index contributed by atoms with van der Waals surface area (Å²) in [4.78, 5) is 12.2. The van der Waals surface area contributed by atoms with Crippen LogP contribution in [0.5, 0.6) is 0 Å². The van der Waals surface area contributed by atoms with Crippen molar-refractivity contribution in [1.29, 1.82) is 0 Å². The van der Waals surface area contributed by atoms with E-state index in [0.717, 1.165) is 46.7 Å². The summed E-state index contributed by atoms with van der Waals surface area (Å²) in [6.45, 7) is 8.44. The zero-order valence-electron chi connectivity index (χ0n) is 28.7. The molecule has 7 heteroatoms. The number of hydrogen-bond acceptors (Lipinski definition) is 6. The summed E-state index contributed by atoms with van der Waals surface area (Å²) in [5, 5.41) is 0. The van der Waals surface area contributed by atoms with Gasteiger partial charge in [0.05, 0.1) is 45.2 Å². The van der Waals surface area contributed by atoms with E-state index in [2.05, 4.69) is 45.0 Å². The SMILES string of the molecule is CC[Si](CC)(CC)O[C@H](COCc1ccccc1)[C@@H](OCc1ccccc1)[C@@H](OCc1ccccc1)[C@H](CC=O)OCc1ccccc1. The van der Waals surface area contributed by atoms with Crippen LogP contribution >= 0.6 is 0 Å². The molecule has 0 fully saturated rings. The molecule has 0 aromatic heterocycles. The van der Waals surface area contributed by atoms with Crippen molar-refractivity contribution in [2.75, 3.05) is 6.61 Å². The molecule has 48 heavy (non-hydrogen) atoms. The lowest BCUT2D eigenvalue weighted by Crippen LogP contribution is -2.54. The molecule has 0 saturated carbocycles. The van der Waals surface area contributed by atoms with Gasteiger partial charge in [-0.2, -0.15) is 0 Å². The number of ether oxygens (including phenoxy) is 4. The molecule has 0 radical (unpaired) electrons. The standard InChI is InChI=1S/C41H52O6Si/c1-4-48(5-2,6-3)47-39(33-43-29-34-19-11-7-12-20-34)41(46-32-37-25-17-10-18-26-37)40(45-31-36-23-15-9-16-24-36)38(27-28-42)44-30-35-21-13-8-14-22-35/h7-26,28,38-41H,4-6,27,29-33H2,1-3H3/t38-,39+,40-,41+/m0/s1. The van der Waals surface area contributed by atoms with E-state index < -0.39 is 32.7 Å². The van der Waals surface area contributed by atoms with E-state index in [-0.39, 0.29) is 6.42 Å². The van der Waals surface area contributed by atoms with Crippen LogP contribution in [-0.4, -0.2) is 45.6 Å². The number of aldehydes is 1. The molecule has 0 aliphatic rings. The zero-order valence-corrected chi connectivity index (χ0v) is 29.7. The Morgan fingerprint density at radius 2 is 0.896 bits per heavy atom. The summed E-state index contributed by atoms with van der Waals surface area (Å²) in [5.41, 5.74) is 4.17. The van der Waals surface area contributed by atoms with E-state index in [1.807, 2.05) is 97.1 Å². The van der Waals surface area contributed by atoms with Crippen molar-refractivity contribution in [2.45, 2.75) is 96.2 Å². The third-order valence-corrected chi connectivity index (χ3v) is 13.7. The van der Waals surface area contributed by atoms with Gasteiger partial charge in [-0.1, -0.05) is 142 Å². The van der Waals surface area contributed by atoms with Crippen LogP contribution < -0.4 is 0 Å². The summed E-state index contributed by atoms with van der Waals surface area (Å²) >= 11 is 0. The summed E-state index contributed by atoms with van der Waals surface area (Å²) in [6.07, 6.45) is -1.22. The molecule has 0 heterocycles. The summed E-state index contributed by atoms with van der Waals surface area (Å²) in [7, 11) is -2.16. The molecule has 0 bridgehead atoms. The maximum absolute atomic E-state index is 12.2. The summed E-state index contributed by atoms with van der Waals surface area (Å²) < 4.78 is 34.0. The molecule has 0 spiro atoms. The van der Waals surface area contributed by atoms with Crippen molar-refractivity contribution < 1.29 is 28.2 Å². The minimum Gasteiger partial charge on any atom is -0.409 e. The summed E-state index contributed by atoms with van der Waals surface area (Å²) in [6, 6.07) is 43.3. The molecular weight excluding hydrogens is 617 g/mol. The lowest BCUT2D eigenvalue weighted by Gasteiger charge is -2.41. The fourth-order valence-electron chi connectivity index (χ4n) is 5.91. The van der Waals surface area contributed by atoms with Crippen LogP contribution in [0.25, 0.3) is 0 Å². The molecule has 0 unspecified atom stereocenters. The third-order valence-electron chi connectivity index (χ3n) is 8.99. The van der Waals surface area contributed by atoms with Crippen molar-refractivity contribution >= 4 is 14.6 Å². The quantitative estimate of drug-likeness (QED) is 0.0581. The van der Waals surface area contributed by atoms with Gasteiger partial charge >= 0.3 is 0 Å². The lowest BCUT2D eigenvalue weighted by molar-refractivity contribution is -0.185. The minimum absolute atomic E-state index is 0.146. The van der Waals surface area contributed by atoms with Crippen LogP contribution in [0, 0.1) is 0 Å². The highest BCUT2D eigenvalue weighted by molar-refractivity contribution is 6.73. The lowest BCUT2D eigenvalue weighted by atomic mass is 10.00. The molecule has 4 aromatic rings. The van der Waals surface area contributed by atoms with Crippen LogP contribution in [0.15, 0.2) is 121 Å². The van der Waals surface area contributed by atoms with Crippen LogP contribution in [0.3, 0.4) is 0 Å². The monoisotopic (exact) mass is 668 g/mol. The maximum atomic E-state index is 12.2. The van der Waals surface area contributed by atoms with Gasteiger partial charge in [-0.15, -0.1) is 0 Å². The van der Waals surface area contributed by atoms with E-state index >= 15 is 0 Å². The molecule has 4 aromatic carbocycles. The first-order valence-electron chi connectivity index (χ1n) is 17.3. The predicted molar refractivity (Wildman–Crippen MR) is 194 cm³/mol. The first-order valence-corrected chi connectivity index (χ1v) is 19.8. The number of carbonyl (C=O) groups excluding carboxylic acids is 1. The average Bonchev–Trinajstić information content (AvgIpc) is 3.15. The van der Waals surface area contributed by atoms with E-state index in [9.17, 15) is 4.79 Å². The number of hydrogen-bond donors (Lipinski definition) is 0. The molecule has 256 valence electrons. The molecule has 0 amide bonds. The molecule has 0 saturated heterocycles. The highest BCUT2D eigenvalue weighted by atomic mass is 28.4. The Kier molecular flexibility index (Phi) is 16.2. The second-order valence-electron chi connectivity index (χ2n) is 12.2. The average molecular weight is 669 g/mol. The molecule has 4 rings (SSSR count). The molecular formula is C41H52O6Si. The Morgan fingerprint density at radius 1 is 0.521 bits per heavy atom. The molecule has 0 aliphatic carbocycles. The molecule has 0 aliphatic heterocycles. The second kappa shape index (κ2) is 20.8. The van der Waals surface area contributed by atoms with Gasteiger partial charge in [0.1, 0.15) is 18.5 Å². The van der Waals surface area contributed by atoms with Crippen LogP contribution in [0.2, 0.25) is 18.1 Å². The van der Waals surface area contributed by atoms with Gasteiger partial charge in [-0.25, -0.2) is 0 Å².